The van der Waals surface area contributed by atoms with Crippen LogP contribution in [0, 0.1) is 4.77 Å². The number of nitrogens with one attached hydrogen (secondary N) is 1. The third-order valence-corrected chi connectivity index (χ3v) is 3.84. The molecule has 1 aliphatic heterocycles. The van der Waals surface area contributed by atoms with Crippen molar-refractivity contribution >= 4 is 12.2 Å². The summed E-state index contributed by atoms with van der Waals surface area (Å²) >= 11 is 5.40. The summed E-state index contributed by atoms with van der Waals surface area (Å²) in [6.45, 7) is 3.66. The Morgan fingerprint density at radius 3 is 2.89 bits per heavy atom. The summed E-state index contributed by atoms with van der Waals surface area (Å²) in [6, 6.07) is 3.88. The van der Waals surface area contributed by atoms with Gasteiger partial charge in [-0.05, 0) is 44.1 Å². The third-order valence-electron chi connectivity index (χ3n) is 3.57. The Bertz CT molecular complexity index is 613. The van der Waals surface area contributed by atoms with Gasteiger partial charge in [0.1, 0.15) is 0 Å². The van der Waals surface area contributed by atoms with Crippen LogP contribution in [0.3, 0.4) is 0 Å². The lowest BCUT2D eigenvalue weighted by Crippen LogP contribution is -2.39. The highest BCUT2D eigenvalue weighted by Gasteiger charge is 2.32. The maximum atomic E-state index is 5.63. The van der Waals surface area contributed by atoms with E-state index in [0.29, 0.717) is 11.4 Å². The molecule has 1 saturated heterocycles. The zero-order valence-electron chi connectivity index (χ0n) is 10.8. The Morgan fingerprint density at radius 1 is 1.42 bits per heavy atom. The minimum atomic E-state index is -0.138. The van der Waals surface area contributed by atoms with E-state index in [-0.39, 0.29) is 5.54 Å². The molecule has 3 heterocycles. The van der Waals surface area contributed by atoms with Crippen molar-refractivity contribution < 1.29 is 4.74 Å². The van der Waals surface area contributed by atoms with E-state index in [1.165, 1.54) is 0 Å². The Kier molecular flexibility index (Phi) is 3.20. The fourth-order valence-corrected chi connectivity index (χ4v) is 2.94. The van der Waals surface area contributed by atoms with Gasteiger partial charge >= 0.3 is 0 Å². The van der Waals surface area contributed by atoms with Gasteiger partial charge in [-0.15, -0.1) is 0 Å². The standard InChI is InChI=1S/C13H16N4OS/c1-13(5-2-8-18-9-13)17-11(15-16-12(17)19)10-3-6-14-7-4-10/h3-4,6-7H,2,5,8-9H2,1H3,(H,16,19). The van der Waals surface area contributed by atoms with Gasteiger partial charge in [0.15, 0.2) is 10.6 Å². The van der Waals surface area contributed by atoms with Crippen molar-refractivity contribution in [1.82, 2.24) is 19.7 Å². The van der Waals surface area contributed by atoms with Crippen molar-refractivity contribution in [2.75, 3.05) is 13.2 Å². The first kappa shape index (κ1) is 12.5. The molecule has 2 aromatic heterocycles. The van der Waals surface area contributed by atoms with Gasteiger partial charge in [0.05, 0.1) is 12.1 Å². The van der Waals surface area contributed by atoms with Crippen molar-refractivity contribution in [3.63, 3.8) is 0 Å². The molecule has 19 heavy (non-hydrogen) atoms. The van der Waals surface area contributed by atoms with E-state index in [1.807, 2.05) is 12.1 Å². The second-order valence-electron chi connectivity index (χ2n) is 5.08. The molecule has 1 N–H and O–H groups in total. The topological polar surface area (TPSA) is 55.7 Å². The van der Waals surface area contributed by atoms with Crippen LogP contribution in [0.15, 0.2) is 24.5 Å². The summed E-state index contributed by atoms with van der Waals surface area (Å²) in [5.41, 5.74) is 0.871. The van der Waals surface area contributed by atoms with E-state index in [4.69, 9.17) is 17.0 Å². The molecule has 1 unspecified atom stereocenters. The summed E-state index contributed by atoms with van der Waals surface area (Å²) in [4.78, 5) is 4.04. The maximum Gasteiger partial charge on any atom is 0.196 e. The van der Waals surface area contributed by atoms with E-state index < -0.39 is 0 Å². The molecule has 1 aliphatic rings. The average molecular weight is 276 g/mol. The zero-order chi connectivity index (χ0) is 13.3. The van der Waals surface area contributed by atoms with Gasteiger partial charge in [-0.3, -0.25) is 14.6 Å². The fraction of sp³-hybridized carbons (Fsp3) is 0.462. The summed E-state index contributed by atoms with van der Waals surface area (Å²) in [7, 11) is 0. The largest absolute Gasteiger partial charge is 0.379 e. The highest BCUT2D eigenvalue weighted by atomic mass is 32.1. The van der Waals surface area contributed by atoms with Crippen molar-refractivity contribution in [3.8, 4) is 11.4 Å². The molecular weight excluding hydrogens is 260 g/mol. The molecule has 0 aliphatic carbocycles. The molecule has 0 aromatic carbocycles. The highest BCUT2D eigenvalue weighted by molar-refractivity contribution is 7.71. The number of ether oxygens (including phenoxy) is 1. The molecule has 0 bridgehead atoms. The van der Waals surface area contributed by atoms with Crippen LogP contribution < -0.4 is 0 Å². The summed E-state index contributed by atoms with van der Waals surface area (Å²) in [6.07, 6.45) is 5.60. The van der Waals surface area contributed by atoms with E-state index in [9.17, 15) is 0 Å². The molecule has 3 rings (SSSR count). The van der Waals surface area contributed by atoms with Gasteiger partial charge in [-0.25, -0.2) is 0 Å². The Hall–Kier alpha value is -1.53. The fourth-order valence-electron chi connectivity index (χ4n) is 2.59. The Labute approximate surface area is 116 Å². The first-order chi connectivity index (χ1) is 9.21. The Balaban J connectivity index is 2.11. The van der Waals surface area contributed by atoms with Crippen molar-refractivity contribution in [2.24, 2.45) is 0 Å². The lowest BCUT2D eigenvalue weighted by molar-refractivity contribution is 0.00950. The van der Waals surface area contributed by atoms with Gasteiger partial charge in [0, 0.05) is 24.6 Å². The van der Waals surface area contributed by atoms with Crippen molar-refractivity contribution in [1.29, 1.82) is 0 Å². The van der Waals surface area contributed by atoms with E-state index in [2.05, 4.69) is 26.7 Å². The maximum absolute atomic E-state index is 5.63. The van der Waals surface area contributed by atoms with Crippen LogP contribution in [-0.2, 0) is 10.3 Å². The van der Waals surface area contributed by atoms with Crippen molar-refractivity contribution in [2.45, 2.75) is 25.3 Å². The van der Waals surface area contributed by atoms with Gasteiger partial charge < -0.3 is 4.74 Å². The van der Waals surface area contributed by atoms with E-state index in [1.54, 1.807) is 12.4 Å². The highest BCUT2D eigenvalue weighted by Crippen LogP contribution is 2.31. The van der Waals surface area contributed by atoms with Crippen LogP contribution in [0.4, 0.5) is 0 Å². The lowest BCUT2D eigenvalue weighted by atomic mass is 9.94. The molecule has 0 saturated carbocycles. The van der Waals surface area contributed by atoms with Crippen LogP contribution in [0.2, 0.25) is 0 Å². The molecule has 5 nitrogen and oxygen atoms in total. The second kappa shape index (κ2) is 4.86. The van der Waals surface area contributed by atoms with Crippen molar-refractivity contribution in [3.05, 3.63) is 29.3 Å². The van der Waals surface area contributed by atoms with Gasteiger partial charge in [0.25, 0.3) is 0 Å². The molecule has 0 spiro atoms. The van der Waals surface area contributed by atoms with E-state index in [0.717, 1.165) is 30.8 Å². The average Bonchev–Trinajstić information content (AvgIpc) is 2.83. The van der Waals surface area contributed by atoms with Crippen LogP contribution in [0.25, 0.3) is 11.4 Å². The normalized spacial score (nSPS) is 23.4. The zero-order valence-corrected chi connectivity index (χ0v) is 11.6. The third kappa shape index (κ3) is 2.21. The second-order valence-corrected chi connectivity index (χ2v) is 5.46. The predicted octanol–water partition coefficient (Wildman–Crippen LogP) is 2.53. The number of pyridine rings is 1. The number of hydrogen-bond donors (Lipinski definition) is 1. The number of aromatic nitrogens is 4. The minimum absolute atomic E-state index is 0.138. The number of rotatable bonds is 2. The minimum Gasteiger partial charge on any atom is -0.379 e. The van der Waals surface area contributed by atoms with Crippen LogP contribution in [-0.4, -0.2) is 33.0 Å². The molecule has 2 aromatic rings. The first-order valence-corrected chi connectivity index (χ1v) is 6.78. The van der Waals surface area contributed by atoms with Crippen LogP contribution in [0.5, 0.6) is 0 Å². The molecule has 1 fully saturated rings. The lowest BCUT2D eigenvalue weighted by Gasteiger charge is -2.35. The van der Waals surface area contributed by atoms with Gasteiger partial charge in [0.2, 0.25) is 0 Å². The molecule has 0 amide bonds. The predicted molar refractivity (Wildman–Crippen MR) is 74.3 cm³/mol. The summed E-state index contributed by atoms with van der Waals surface area (Å²) in [5, 5.41) is 7.27. The molecule has 100 valence electrons. The Morgan fingerprint density at radius 2 is 2.21 bits per heavy atom. The van der Waals surface area contributed by atoms with E-state index >= 15 is 0 Å². The number of H-pyrrole nitrogens is 1. The molecule has 0 radical (unpaired) electrons. The molecule has 6 heteroatoms. The molecular formula is C13H16N4OS. The van der Waals surface area contributed by atoms with Gasteiger partial charge in [-0.2, -0.15) is 5.10 Å². The first-order valence-electron chi connectivity index (χ1n) is 6.37. The number of nitrogens with zero attached hydrogens (tertiary/aromatic N) is 3. The number of hydrogen-bond acceptors (Lipinski definition) is 4. The van der Waals surface area contributed by atoms with Gasteiger partial charge in [-0.1, -0.05) is 0 Å². The molecule has 1 atom stereocenters. The number of aromatic amines is 1. The van der Waals surface area contributed by atoms with Crippen LogP contribution in [0.1, 0.15) is 19.8 Å². The van der Waals surface area contributed by atoms with Crippen LogP contribution >= 0.6 is 12.2 Å². The monoisotopic (exact) mass is 276 g/mol. The smallest absolute Gasteiger partial charge is 0.196 e. The SMILES string of the molecule is CC1(n2c(-c3ccncc3)n[nH]c2=S)CCCOC1. The quantitative estimate of drug-likeness (QED) is 0.856. The summed E-state index contributed by atoms with van der Waals surface area (Å²) < 4.78 is 8.35. The summed E-state index contributed by atoms with van der Waals surface area (Å²) in [5.74, 6) is 0.848.